The Balaban J connectivity index is 2.04. The van der Waals surface area contributed by atoms with E-state index in [0.29, 0.717) is 22.6 Å². The average Bonchev–Trinajstić information content (AvgIpc) is 2.76. The number of imidazole rings is 1. The minimum atomic E-state index is -0.899. The van der Waals surface area contributed by atoms with Crippen molar-refractivity contribution in [2.45, 2.75) is 6.54 Å². The van der Waals surface area contributed by atoms with Crippen LogP contribution in [0.15, 0.2) is 41.1 Å². The number of hydrogen-bond donors (Lipinski definition) is 0. The third-order valence-corrected chi connectivity index (χ3v) is 3.86. The topological polar surface area (TPSA) is 17.8 Å². The van der Waals surface area contributed by atoms with Gasteiger partial charge in [0, 0.05) is 21.6 Å². The van der Waals surface area contributed by atoms with E-state index in [4.69, 9.17) is 11.6 Å². The first-order chi connectivity index (χ1) is 9.54. The molecule has 0 bridgehead atoms. The van der Waals surface area contributed by atoms with Gasteiger partial charge in [-0.05, 0) is 17.7 Å². The lowest BCUT2D eigenvalue weighted by Crippen LogP contribution is -1.99. The van der Waals surface area contributed by atoms with Crippen LogP contribution in [0.1, 0.15) is 5.56 Å². The molecule has 0 fully saturated rings. The lowest BCUT2D eigenvalue weighted by Gasteiger charge is -2.07. The molecule has 3 aromatic rings. The van der Waals surface area contributed by atoms with Crippen molar-refractivity contribution >= 4 is 38.6 Å². The summed E-state index contributed by atoms with van der Waals surface area (Å²) >= 11 is 9.49. The fraction of sp³-hybridized carbons (Fsp3) is 0.0714. The average molecular weight is 358 g/mol. The van der Waals surface area contributed by atoms with Crippen molar-refractivity contribution in [2.75, 3.05) is 0 Å². The van der Waals surface area contributed by atoms with Gasteiger partial charge in [0.25, 0.3) is 0 Å². The van der Waals surface area contributed by atoms with Crippen molar-refractivity contribution < 1.29 is 8.78 Å². The molecule has 0 atom stereocenters. The number of benzene rings is 2. The second-order valence-corrected chi connectivity index (χ2v) is 5.69. The van der Waals surface area contributed by atoms with Gasteiger partial charge in [-0.25, -0.2) is 13.8 Å². The summed E-state index contributed by atoms with van der Waals surface area (Å²) < 4.78 is 29.1. The molecule has 0 amide bonds. The van der Waals surface area contributed by atoms with Crippen LogP contribution in [0.4, 0.5) is 8.78 Å². The Kier molecular flexibility index (Phi) is 3.48. The quantitative estimate of drug-likeness (QED) is 0.645. The molecule has 2 aromatic carbocycles. The molecule has 102 valence electrons. The number of aromatic nitrogens is 2. The fourth-order valence-corrected chi connectivity index (χ4v) is 2.75. The van der Waals surface area contributed by atoms with Crippen LogP contribution in [-0.2, 0) is 6.54 Å². The number of nitrogens with zero attached hydrogens (tertiary/aromatic N) is 2. The molecular weight excluding hydrogens is 350 g/mol. The predicted octanol–water partition coefficient (Wildman–Crippen LogP) is 4.78. The molecule has 1 heterocycles. The van der Waals surface area contributed by atoms with E-state index in [1.807, 2.05) is 12.1 Å². The molecule has 3 rings (SSSR count). The third kappa shape index (κ3) is 2.43. The monoisotopic (exact) mass is 356 g/mol. The summed E-state index contributed by atoms with van der Waals surface area (Å²) in [5.74, 6) is -1.79. The Bertz CT molecular complexity index is 801. The fourth-order valence-electron chi connectivity index (χ4n) is 2.01. The number of hydrogen-bond acceptors (Lipinski definition) is 1. The minimum absolute atomic E-state index is 0.414. The van der Waals surface area contributed by atoms with E-state index in [1.54, 1.807) is 17.0 Å². The van der Waals surface area contributed by atoms with Crippen LogP contribution in [0, 0.1) is 11.6 Å². The van der Waals surface area contributed by atoms with Gasteiger partial charge in [-0.3, -0.25) is 0 Å². The van der Waals surface area contributed by atoms with Gasteiger partial charge in [-0.15, -0.1) is 0 Å². The van der Waals surface area contributed by atoms with Crippen LogP contribution >= 0.6 is 27.5 Å². The Morgan fingerprint density at radius 3 is 2.65 bits per heavy atom. The first-order valence-corrected chi connectivity index (χ1v) is 6.95. The molecule has 6 heteroatoms. The molecule has 1 aromatic heterocycles. The lowest BCUT2D eigenvalue weighted by atomic mass is 10.2. The highest BCUT2D eigenvalue weighted by Gasteiger charge is 2.10. The van der Waals surface area contributed by atoms with Crippen LogP contribution in [-0.4, -0.2) is 9.55 Å². The van der Waals surface area contributed by atoms with Gasteiger partial charge in [-0.2, -0.15) is 0 Å². The smallest absolute Gasteiger partial charge is 0.161 e. The maximum absolute atomic E-state index is 13.3. The van der Waals surface area contributed by atoms with E-state index in [2.05, 4.69) is 20.9 Å². The van der Waals surface area contributed by atoms with Crippen LogP contribution < -0.4 is 0 Å². The van der Waals surface area contributed by atoms with E-state index in [1.165, 1.54) is 0 Å². The van der Waals surface area contributed by atoms with Crippen LogP contribution in [0.5, 0.6) is 0 Å². The Morgan fingerprint density at radius 2 is 1.90 bits per heavy atom. The zero-order valence-electron chi connectivity index (χ0n) is 10.1. The SMILES string of the molecule is Fc1cc2ncn(Cc3ccc(Br)cc3Cl)c2cc1F. The second-order valence-electron chi connectivity index (χ2n) is 4.36. The van der Waals surface area contributed by atoms with E-state index in [9.17, 15) is 8.78 Å². The van der Waals surface area contributed by atoms with Crippen molar-refractivity contribution in [3.8, 4) is 0 Å². The van der Waals surface area contributed by atoms with Gasteiger partial charge < -0.3 is 4.57 Å². The van der Waals surface area contributed by atoms with E-state index in [-0.39, 0.29) is 0 Å². The molecule has 0 unspecified atom stereocenters. The Morgan fingerprint density at radius 1 is 1.15 bits per heavy atom. The summed E-state index contributed by atoms with van der Waals surface area (Å²) in [6.45, 7) is 0.438. The maximum atomic E-state index is 13.3. The molecule has 0 saturated carbocycles. The van der Waals surface area contributed by atoms with E-state index >= 15 is 0 Å². The first-order valence-electron chi connectivity index (χ1n) is 5.78. The maximum Gasteiger partial charge on any atom is 0.161 e. The molecule has 0 radical (unpaired) electrons. The number of rotatable bonds is 2. The predicted molar refractivity (Wildman–Crippen MR) is 77.9 cm³/mol. The van der Waals surface area contributed by atoms with Gasteiger partial charge in [0.2, 0.25) is 0 Å². The van der Waals surface area contributed by atoms with Crippen molar-refractivity contribution in [1.29, 1.82) is 0 Å². The zero-order valence-corrected chi connectivity index (χ0v) is 12.4. The van der Waals surface area contributed by atoms with Gasteiger partial charge in [0.1, 0.15) is 0 Å². The van der Waals surface area contributed by atoms with E-state index < -0.39 is 11.6 Å². The largest absolute Gasteiger partial charge is 0.326 e. The van der Waals surface area contributed by atoms with E-state index in [0.717, 1.165) is 22.2 Å². The van der Waals surface area contributed by atoms with Crippen LogP contribution in [0.2, 0.25) is 5.02 Å². The molecule has 0 spiro atoms. The summed E-state index contributed by atoms with van der Waals surface area (Å²) in [5, 5.41) is 0.601. The normalized spacial score (nSPS) is 11.2. The molecule has 2 nitrogen and oxygen atoms in total. The highest BCUT2D eigenvalue weighted by Crippen LogP contribution is 2.24. The Labute approximate surface area is 127 Å². The minimum Gasteiger partial charge on any atom is -0.326 e. The lowest BCUT2D eigenvalue weighted by molar-refractivity contribution is 0.510. The number of fused-ring (bicyclic) bond motifs is 1. The molecule has 0 N–H and O–H groups in total. The first kappa shape index (κ1) is 13.5. The Hall–Kier alpha value is -1.46. The summed E-state index contributed by atoms with van der Waals surface area (Å²) in [6, 6.07) is 7.77. The van der Waals surface area contributed by atoms with Crippen LogP contribution in [0.3, 0.4) is 0 Å². The van der Waals surface area contributed by atoms with Gasteiger partial charge in [0.15, 0.2) is 11.6 Å². The highest BCUT2D eigenvalue weighted by atomic mass is 79.9. The van der Waals surface area contributed by atoms with Crippen molar-refractivity contribution in [3.63, 3.8) is 0 Å². The van der Waals surface area contributed by atoms with Crippen molar-refractivity contribution in [2.24, 2.45) is 0 Å². The summed E-state index contributed by atoms with van der Waals surface area (Å²) in [5.41, 5.74) is 1.82. The third-order valence-electron chi connectivity index (χ3n) is 3.02. The molecule has 0 aliphatic carbocycles. The molecule has 0 saturated heterocycles. The van der Waals surface area contributed by atoms with Gasteiger partial charge in [0.05, 0.1) is 23.9 Å². The van der Waals surface area contributed by atoms with Gasteiger partial charge in [-0.1, -0.05) is 33.6 Å². The van der Waals surface area contributed by atoms with Crippen LogP contribution in [0.25, 0.3) is 11.0 Å². The highest BCUT2D eigenvalue weighted by molar-refractivity contribution is 9.10. The van der Waals surface area contributed by atoms with Gasteiger partial charge >= 0.3 is 0 Å². The second kappa shape index (κ2) is 5.14. The molecular formula is C14H8BrClF2N2. The van der Waals surface area contributed by atoms with Crippen molar-refractivity contribution in [1.82, 2.24) is 9.55 Å². The summed E-state index contributed by atoms with van der Waals surface area (Å²) in [6.07, 6.45) is 1.54. The summed E-state index contributed by atoms with van der Waals surface area (Å²) in [4.78, 5) is 4.07. The standard InChI is InChI=1S/C14H8BrClF2N2/c15-9-2-1-8(10(16)3-9)6-20-7-19-13-4-11(17)12(18)5-14(13)20/h1-5,7H,6H2. The zero-order chi connectivity index (χ0) is 14.3. The van der Waals surface area contributed by atoms with Crippen molar-refractivity contribution in [3.05, 3.63) is 63.4 Å². The molecule has 0 aliphatic heterocycles. The number of halogens is 4. The molecule has 0 aliphatic rings. The molecule has 20 heavy (non-hydrogen) atoms. The summed E-state index contributed by atoms with van der Waals surface area (Å²) in [7, 11) is 0.